The van der Waals surface area contributed by atoms with Gasteiger partial charge in [0, 0.05) is 19.2 Å². The van der Waals surface area contributed by atoms with Gasteiger partial charge in [-0.3, -0.25) is 14.7 Å². The van der Waals surface area contributed by atoms with E-state index in [2.05, 4.69) is 10.3 Å². The van der Waals surface area contributed by atoms with E-state index >= 15 is 0 Å². The molecule has 1 aliphatic heterocycles. The average molecular weight is 545 g/mol. The molecule has 0 saturated carbocycles. The maximum absolute atomic E-state index is 12.5. The van der Waals surface area contributed by atoms with E-state index < -0.39 is 60.8 Å². The van der Waals surface area contributed by atoms with Gasteiger partial charge in [-0.2, -0.15) is 4.98 Å². The summed E-state index contributed by atoms with van der Waals surface area (Å²) in [5.74, 6) is -1.34. The van der Waals surface area contributed by atoms with E-state index in [0.29, 0.717) is 0 Å². The SMILES string of the molecule is CC(C)C(=O)OC(OC(=O)N(C)CCOC(=O)Nc1ccn([C@@H]2O[C@H](CO)[C@@H](O)[C@@]2(C)O)c(=O)n1)C(C)C. The zero-order valence-corrected chi connectivity index (χ0v) is 22.2. The van der Waals surface area contributed by atoms with Crippen LogP contribution in [-0.4, -0.2) is 98.8 Å². The highest BCUT2D eigenvalue weighted by atomic mass is 16.7. The van der Waals surface area contributed by atoms with E-state index in [1.807, 2.05) is 0 Å². The highest BCUT2D eigenvalue weighted by molar-refractivity contribution is 5.83. The van der Waals surface area contributed by atoms with Gasteiger partial charge in [-0.25, -0.2) is 14.4 Å². The van der Waals surface area contributed by atoms with Gasteiger partial charge in [-0.05, 0) is 13.0 Å². The van der Waals surface area contributed by atoms with Crippen LogP contribution >= 0.6 is 0 Å². The van der Waals surface area contributed by atoms with Crippen LogP contribution in [0.2, 0.25) is 0 Å². The van der Waals surface area contributed by atoms with E-state index in [-0.39, 0.29) is 30.8 Å². The van der Waals surface area contributed by atoms with Crippen LogP contribution in [-0.2, 0) is 23.7 Å². The van der Waals surface area contributed by atoms with E-state index in [4.69, 9.17) is 18.9 Å². The number of nitrogens with one attached hydrogen (secondary N) is 1. The average Bonchev–Trinajstić information content (AvgIpc) is 3.06. The second-order valence-electron chi connectivity index (χ2n) is 9.65. The molecule has 0 radical (unpaired) electrons. The standard InChI is InChI=1S/C23H36N4O11/c1-12(2)17(30)37-18(13(3)4)38-22(33)26(6)9-10-35-21(32)25-15-7-8-27(20(31)24-15)19-23(5,34)16(29)14(11-28)36-19/h7-8,12-14,16,18-19,28-29,34H,9-11H2,1-6H3,(H,24,25,31,32)/t14-,16-,18?,19-,23-/m1/s1. The molecule has 1 aromatic heterocycles. The maximum atomic E-state index is 12.5. The third-order valence-electron chi connectivity index (χ3n) is 5.68. The summed E-state index contributed by atoms with van der Waals surface area (Å²) in [6.45, 7) is 7.17. The molecule has 15 nitrogen and oxygen atoms in total. The fraction of sp³-hybridized carbons (Fsp3) is 0.696. The van der Waals surface area contributed by atoms with E-state index in [1.54, 1.807) is 27.7 Å². The Hall–Kier alpha value is -3.27. The number of ether oxygens (including phenoxy) is 4. The summed E-state index contributed by atoms with van der Waals surface area (Å²) in [4.78, 5) is 53.5. The van der Waals surface area contributed by atoms with Crippen LogP contribution in [0.1, 0.15) is 40.8 Å². The highest BCUT2D eigenvalue weighted by Crippen LogP contribution is 2.37. The van der Waals surface area contributed by atoms with Crippen molar-refractivity contribution >= 4 is 24.0 Å². The van der Waals surface area contributed by atoms with Crippen LogP contribution in [0.15, 0.2) is 17.1 Å². The Morgan fingerprint density at radius 2 is 1.92 bits per heavy atom. The summed E-state index contributed by atoms with van der Waals surface area (Å²) in [6, 6.07) is 1.24. The largest absolute Gasteiger partial charge is 0.447 e. The minimum absolute atomic E-state index is 0.0489. The van der Waals surface area contributed by atoms with Gasteiger partial charge in [0.15, 0.2) is 6.23 Å². The minimum atomic E-state index is -1.88. The lowest BCUT2D eigenvalue weighted by Gasteiger charge is -2.27. The van der Waals surface area contributed by atoms with Crippen molar-refractivity contribution < 1.29 is 48.7 Å². The second kappa shape index (κ2) is 13.0. The molecule has 0 aromatic carbocycles. The number of likely N-dealkylation sites (N-methyl/N-ethyl adjacent to an activating group) is 1. The number of esters is 1. The Kier molecular flexibility index (Phi) is 10.6. The molecule has 0 aliphatic carbocycles. The molecular formula is C23H36N4O11. The van der Waals surface area contributed by atoms with Crippen LogP contribution in [0.5, 0.6) is 0 Å². The van der Waals surface area contributed by atoms with Crippen molar-refractivity contribution in [3.63, 3.8) is 0 Å². The first kappa shape index (κ1) is 31.0. The van der Waals surface area contributed by atoms with Crippen LogP contribution in [0.3, 0.4) is 0 Å². The van der Waals surface area contributed by atoms with Crippen molar-refractivity contribution in [1.29, 1.82) is 0 Å². The van der Waals surface area contributed by atoms with Gasteiger partial charge in [0.2, 0.25) is 0 Å². The third-order valence-corrected chi connectivity index (χ3v) is 5.68. The van der Waals surface area contributed by atoms with E-state index in [0.717, 1.165) is 9.47 Å². The number of rotatable bonds is 10. The number of carbonyl (C=O) groups excluding carboxylic acids is 3. The smallest absolute Gasteiger partial charge is 0.412 e. The van der Waals surface area contributed by atoms with Crippen molar-refractivity contribution in [2.45, 2.75) is 64.9 Å². The van der Waals surface area contributed by atoms with E-state index in [1.165, 1.54) is 26.2 Å². The molecule has 1 aliphatic rings. The number of nitrogens with zero attached hydrogens (tertiary/aromatic N) is 3. The summed E-state index contributed by atoms with van der Waals surface area (Å²) in [6.07, 6.45) is -5.49. The van der Waals surface area contributed by atoms with Gasteiger partial charge in [0.05, 0.1) is 19.1 Å². The molecule has 38 heavy (non-hydrogen) atoms. The van der Waals surface area contributed by atoms with Gasteiger partial charge in [-0.1, -0.05) is 27.7 Å². The van der Waals surface area contributed by atoms with Crippen molar-refractivity contribution in [3.8, 4) is 0 Å². The van der Waals surface area contributed by atoms with Crippen LogP contribution < -0.4 is 11.0 Å². The molecular weight excluding hydrogens is 508 g/mol. The Morgan fingerprint density at radius 3 is 2.45 bits per heavy atom. The fourth-order valence-corrected chi connectivity index (χ4v) is 3.29. The quantitative estimate of drug-likeness (QED) is 0.228. The number of hydrogen-bond donors (Lipinski definition) is 4. The molecule has 0 bridgehead atoms. The van der Waals surface area contributed by atoms with Crippen molar-refractivity contribution in [3.05, 3.63) is 22.7 Å². The summed E-state index contributed by atoms with van der Waals surface area (Å²) < 4.78 is 21.7. The molecule has 1 aromatic rings. The number of carbonyl (C=O) groups is 3. The molecule has 2 heterocycles. The first-order valence-corrected chi connectivity index (χ1v) is 12.0. The second-order valence-corrected chi connectivity index (χ2v) is 9.65. The third kappa shape index (κ3) is 7.63. The Bertz CT molecular complexity index is 1040. The number of aliphatic hydroxyl groups excluding tert-OH is 2. The van der Waals surface area contributed by atoms with Crippen molar-refractivity contribution in [2.24, 2.45) is 11.8 Å². The first-order chi connectivity index (χ1) is 17.7. The number of amides is 2. The lowest BCUT2D eigenvalue weighted by molar-refractivity contribution is -0.180. The van der Waals surface area contributed by atoms with Crippen molar-refractivity contribution in [1.82, 2.24) is 14.5 Å². The molecule has 15 heteroatoms. The Balaban J connectivity index is 1.87. The molecule has 2 rings (SSSR count). The van der Waals surface area contributed by atoms with Gasteiger partial charge in [0.1, 0.15) is 30.2 Å². The zero-order chi connectivity index (χ0) is 28.8. The summed E-state index contributed by atoms with van der Waals surface area (Å²) >= 11 is 0. The molecule has 5 atom stereocenters. The lowest BCUT2D eigenvalue weighted by atomic mass is 9.96. The summed E-state index contributed by atoms with van der Waals surface area (Å²) in [5, 5.41) is 32.2. The number of anilines is 1. The normalized spacial score (nSPS) is 23.7. The van der Waals surface area contributed by atoms with Crippen molar-refractivity contribution in [2.75, 3.05) is 32.1 Å². The number of aliphatic hydroxyl groups is 3. The van der Waals surface area contributed by atoms with Crippen LogP contribution in [0.25, 0.3) is 0 Å². The molecule has 214 valence electrons. The number of hydrogen-bond acceptors (Lipinski definition) is 12. The van der Waals surface area contributed by atoms with Gasteiger partial charge in [0.25, 0.3) is 6.29 Å². The molecule has 4 N–H and O–H groups in total. The van der Waals surface area contributed by atoms with Crippen LogP contribution in [0.4, 0.5) is 15.4 Å². The zero-order valence-electron chi connectivity index (χ0n) is 22.2. The topological polar surface area (TPSA) is 199 Å². The lowest BCUT2D eigenvalue weighted by Crippen LogP contribution is -2.46. The fourth-order valence-electron chi connectivity index (χ4n) is 3.29. The van der Waals surface area contributed by atoms with Gasteiger partial charge >= 0.3 is 23.8 Å². The van der Waals surface area contributed by atoms with Crippen LogP contribution in [0, 0.1) is 11.8 Å². The predicted molar refractivity (Wildman–Crippen MR) is 130 cm³/mol. The van der Waals surface area contributed by atoms with E-state index in [9.17, 15) is 34.5 Å². The molecule has 2 amide bonds. The monoisotopic (exact) mass is 544 g/mol. The summed E-state index contributed by atoms with van der Waals surface area (Å²) in [5.41, 5.74) is -2.79. The molecule has 1 fully saturated rings. The molecule has 1 saturated heterocycles. The Morgan fingerprint density at radius 1 is 1.26 bits per heavy atom. The number of aromatic nitrogens is 2. The van der Waals surface area contributed by atoms with Gasteiger partial charge in [-0.15, -0.1) is 0 Å². The highest BCUT2D eigenvalue weighted by Gasteiger charge is 2.53. The maximum Gasteiger partial charge on any atom is 0.412 e. The molecule has 1 unspecified atom stereocenters. The predicted octanol–water partition coefficient (Wildman–Crippen LogP) is 0.0431. The minimum Gasteiger partial charge on any atom is -0.447 e. The Labute approximate surface area is 219 Å². The van der Waals surface area contributed by atoms with Gasteiger partial charge < -0.3 is 39.2 Å². The molecule has 0 spiro atoms. The summed E-state index contributed by atoms with van der Waals surface area (Å²) in [7, 11) is 1.41. The first-order valence-electron chi connectivity index (χ1n) is 12.0.